The Morgan fingerprint density at radius 3 is 2.29 bits per heavy atom. The van der Waals surface area contributed by atoms with Crippen molar-refractivity contribution in [1.29, 1.82) is 5.41 Å². The summed E-state index contributed by atoms with van der Waals surface area (Å²) in [5.74, 6) is -1.92. The van der Waals surface area contributed by atoms with Crippen molar-refractivity contribution >= 4 is 52.3 Å². The number of benzene rings is 2. The molecule has 1 aliphatic rings. The number of amides is 2. The van der Waals surface area contributed by atoms with Gasteiger partial charge in [0.25, 0.3) is 5.91 Å². The van der Waals surface area contributed by atoms with Crippen LogP contribution in [0.3, 0.4) is 0 Å². The number of phenols is 1. The SMILES string of the molecule is Br.CNC(=O)c1cc2c(cc1N(C)C)CN(CC(=O)c1cc(CN(CC(=O)O)C(=O)OC)c(O)c(C(C)(C)C)c1)C2=N. The highest BCUT2D eigenvalue weighted by Gasteiger charge is 2.31. The predicted molar refractivity (Wildman–Crippen MR) is 163 cm³/mol. The van der Waals surface area contributed by atoms with Crippen molar-refractivity contribution in [2.75, 3.05) is 46.2 Å². The lowest BCUT2D eigenvalue weighted by Gasteiger charge is -2.26. The van der Waals surface area contributed by atoms with Gasteiger partial charge in [-0.3, -0.25) is 24.7 Å². The van der Waals surface area contributed by atoms with Gasteiger partial charge >= 0.3 is 12.1 Å². The van der Waals surface area contributed by atoms with Crippen LogP contribution < -0.4 is 10.2 Å². The van der Waals surface area contributed by atoms with Crippen LogP contribution in [0.5, 0.6) is 5.75 Å². The number of fused-ring (bicyclic) bond motifs is 1. The number of nitrogens with one attached hydrogen (secondary N) is 2. The summed E-state index contributed by atoms with van der Waals surface area (Å²) in [7, 11) is 6.31. The molecule has 13 heteroatoms. The average Bonchev–Trinajstić information content (AvgIpc) is 3.20. The number of ketones is 1. The van der Waals surface area contributed by atoms with Gasteiger partial charge in [-0.1, -0.05) is 20.8 Å². The number of carbonyl (C=O) groups excluding carboxylic acids is 3. The number of carboxylic acids is 1. The highest BCUT2D eigenvalue weighted by Crippen LogP contribution is 2.36. The van der Waals surface area contributed by atoms with Crippen LogP contribution in [0.25, 0.3) is 0 Å². The third-order valence-corrected chi connectivity index (χ3v) is 6.88. The zero-order valence-electron chi connectivity index (χ0n) is 24.8. The van der Waals surface area contributed by atoms with E-state index in [4.69, 9.17) is 10.1 Å². The van der Waals surface area contributed by atoms with Gasteiger partial charge in [0.2, 0.25) is 0 Å². The maximum Gasteiger partial charge on any atom is 0.410 e. The van der Waals surface area contributed by atoms with Gasteiger partial charge in [-0.25, -0.2) is 4.79 Å². The van der Waals surface area contributed by atoms with Crippen molar-refractivity contribution in [3.8, 4) is 5.75 Å². The predicted octanol–water partition coefficient (Wildman–Crippen LogP) is 3.37. The Morgan fingerprint density at radius 2 is 1.76 bits per heavy atom. The quantitative estimate of drug-likeness (QED) is 0.299. The number of Topliss-reactive ketones (excluding diaryl/α,β-unsaturated/α-hetero) is 1. The van der Waals surface area contributed by atoms with E-state index in [0.29, 0.717) is 28.9 Å². The van der Waals surface area contributed by atoms with E-state index >= 15 is 0 Å². The fourth-order valence-corrected chi connectivity index (χ4v) is 4.75. The van der Waals surface area contributed by atoms with E-state index in [2.05, 4.69) is 5.32 Å². The topological polar surface area (TPSA) is 164 Å². The van der Waals surface area contributed by atoms with E-state index < -0.39 is 24.0 Å². The number of nitrogens with zero attached hydrogens (tertiary/aromatic N) is 3. The third-order valence-electron chi connectivity index (χ3n) is 6.88. The summed E-state index contributed by atoms with van der Waals surface area (Å²) in [6.45, 7) is 4.75. The van der Waals surface area contributed by atoms with Gasteiger partial charge in [-0.2, -0.15) is 0 Å². The second-order valence-corrected chi connectivity index (χ2v) is 11.1. The molecule has 0 aromatic heterocycles. The summed E-state index contributed by atoms with van der Waals surface area (Å²) in [6, 6.07) is 6.53. The number of hydrogen-bond donors (Lipinski definition) is 4. The smallest absolute Gasteiger partial charge is 0.410 e. The molecule has 3 rings (SSSR count). The average molecular weight is 649 g/mol. The van der Waals surface area contributed by atoms with Crippen LogP contribution in [0.4, 0.5) is 10.5 Å². The number of aliphatic carboxylic acids is 1. The van der Waals surface area contributed by atoms with Crippen molar-refractivity contribution in [3.05, 3.63) is 57.6 Å². The molecule has 0 saturated carbocycles. The molecule has 0 atom stereocenters. The molecule has 0 fully saturated rings. The molecule has 0 aliphatic carbocycles. The molecule has 0 saturated heterocycles. The van der Waals surface area contributed by atoms with Crippen LogP contribution in [0, 0.1) is 5.41 Å². The summed E-state index contributed by atoms with van der Waals surface area (Å²) in [5, 5.41) is 31.7. The molecule has 0 radical (unpaired) electrons. The number of halogens is 1. The Kier molecular flexibility index (Phi) is 10.7. The molecular formula is C29H38BrN5O7. The molecule has 0 spiro atoms. The van der Waals surface area contributed by atoms with Crippen LogP contribution in [-0.2, 0) is 28.0 Å². The zero-order valence-corrected chi connectivity index (χ0v) is 26.5. The van der Waals surface area contributed by atoms with Crippen LogP contribution in [0.1, 0.15) is 63.7 Å². The second-order valence-electron chi connectivity index (χ2n) is 11.1. The normalized spacial score (nSPS) is 12.3. The number of amidine groups is 1. The highest BCUT2D eigenvalue weighted by molar-refractivity contribution is 8.93. The molecule has 2 aromatic rings. The zero-order chi connectivity index (χ0) is 30.8. The number of anilines is 1. The number of hydrogen-bond acceptors (Lipinski definition) is 8. The fourth-order valence-electron chi connectivity index (χ4n) is 4.75. The van der Waals surface area contributed by atoms with Crippen LogP contribution in [-0.4, -0.2) is 90.9 Å². The molecule has 0 bridgehead atoms. The van der Waals surface area contributed by atoms with E-state index in [9.17, 15) is 29.4 Å². The van der Waals surface area contributed by atoms with E-state index in [1.807, 2.05) is 45.8 Å². The summed E-state index contributed by atoms with van der Waals surface area (Å²) in [4.78, 5) is 54.0. The first-order valence-electron chi connectivity index (χ1n) is 12.9. The van der Waals surface area contributed by atoms with Gasteiger partial charge in [-0.05, 0) is 35.2 Å². The monoisotopic (exact) mass is 647 g/mol. The first-order valence-corrected chi connectivity index (χ1v) is 12.9. The van der Waals surface area contributed by atoms with Crippen LogP contribution in [0.2, 0.25) is 0 Å². The van der Waals surface area contributed by atoms with Crippen molar-refractivity contribution in [2.45, 2.75) is 39.3 Å². The molecule has 0 unspecified atom stereocenters. The van der Waals surface area contributed by atoms with Gasteiger partial charge < -0.3 is 30.1 Å². The maximum absolute atomic E-state index is 13.6. The molecule has 4 N–H and O–H groups in total. The first-order chi connectivity index (χ1) is 19.1. The number of ether oxygens (including phenoxy) is 1. The lowest BCUT2D eigenvalue weighted by Crippen LogP contribution is -2.35. The standard InChI is InChI=1S/C29H37N5O7.BrH/c1-29(2,3)21-9-16(8-18(25(21)38)13-34(15-24(36)37)28(40)41-7)23(35)14-33-12-17-10-22(32(5)6)20(27(39)31-4)11-19(17)26(33)30;/h8-11,30,38H,12-15H2,1-7H3,(H,31,39)(H,36,37);1H. The molecule has 2 aromatic carbocycles. The minimum absolute atomic E-state index is 0. The second kappa shape index (κ2) is 13.2. The summed E-state index contributed by atoms with van der Waals surface area (Å²) in [5.41, 5.74) is 2.78. The minimum Gasteiger partial charge on any atom is -0.507 e. The maximum atomic E-state index is 13.6. The van der Waals surface area contributed by atoms with Gasteiger partial charge in [0, 0.05) is 55.6 Å². The van der Waals surface area contributed by atoms with Crippen LogP contribution >= 0.6 is 17.0 Å². The van der Waals surface area contributed by atoms with Crippen molar-refractivity contribution in [2.24, 2.45) is 0 Å². The number of phenolic OH excluding ortho intramolecular Hbond substituents is 1. The molecular weight excluding hydrogens is 610 g/mol. The van der Waals surface area contributed by atoms with Gasteiger partial charge in [0.15, 0.2) is 5.78 Å². The van der Waals surface area contributed by atoms with Gasteiger partial charge in [-0.15, -0.1) is 17.0 Å². The molecule has 1 aliphatic heterocycles. The van der Waals surface area contributed by atoms with Gasteiger partial charge in [0.1, 0.15) is 18.1 Å². The largest absolute Gasteiger partial charge is 0.507 e. The molecule has 12 nitrogen and oxygen atoms in total. The molecule has 1 heterocycles. The fraction of sp³-hybridized carbons (Fsp3) is 0.414. The minimum atomic E-state index is -1.26. The van der Waals surface area contributed by atoms with Crippen molar-refractivity contribution in [3.63, 3.8) is 0 Å². The van der Waals surface area contributed by atoms with E-state index in [-0.39, 0.29) is 64.5 Å². The lowest BCUT2D eigenvalue weighted by atomic mass is 9.83. The number of methoxy groups -OCH3 is 1. The van der Waals surface area contributed by atoms with E-state index in [1.54, 1.807) is 17.0 Å². The van der Waals surface area contributed by atoms with E-state index in [1.165, 1.54) is 13.1 Å². The molecule has 42 heavy (non-hydrogen) atoms. The third kappa shape index (κ3) is 7.19. The lowest BCUT2D eigenvalue weighted by molar-refractivity contribution is -0.138. The number of rotatable bonds is 9. The number of aromatic hydroxyl groups is 1. The van der Waals surface area contributed by atoms with Crippen molar-refractivity contribution < 1.29 is 34.1 Å². The van der Waals surface area contributed by atoms with E-state index in [0.717, 1.165) is 17.6 Å². The Bertz CT molecular complexity index is 1420. The Morgan fingerprint density at radius 1 is 1.12 bits per heavy atom. The summed E-state index contributed by atoms with van der Waals surface area (Å²) < 4.78 is 4.70. The first kappa shape index (κ1) is 34.1. The number of carbonyl (C=O) groups is 4. The van der Waals surface area contributed by atoms with Crippen LogP contribution in [0.15, 0.2) is 24.3 Å². The van der Waals surface area contributed by atoms with Gasteiger partial charge in [0.05, 0.1) is 25.8 Å². The number of carboxylic acid groups (broad SMARTS) is 1. The summed E-state index contributed by atoms with van der Waals surface area (Å²) >= 11 is 0. The molecule has 228 valence electrons. The Hall–Kier alpha value is -4.13. The summed E-state index contributed by atoms with van der Waals surface area (Å²) in [6.07, 6.45) is -0.891. The highest BCUT2D eigenvalue weighted by atomic mass is 79.9. The van der Waals surface area contributed by atoms with Crippen molar-refractivity contribution in [1.82, 2.24) is 15.1 Å². The Labute approximate surface area is 255 Å². The Balaban J connectivity index is 0.00000616. The molecule has 2 amide bonds.